The van der Waals surface area contributed by atoms with Gasteiger partial charge in [0.05, 0.1) is 0 Å². The molecule has 2 aromatic heterocycles. The van der Waals surface area contributed by atoms with E-state index in [1.54, 1.807) is 0 Å². The molecule has 182 valence electrons. The van der Waals surface area contributed by atoms with Gasteiger partial charge in [0.1, 0.15) is 13.1 Å². The van der Waals surface area contributed by atoms with Gasteiger partial charge in [-0.3, -0.25) is 0 Å². The maximum absolute atomic E-state index is 5.95. The maximum atomic E-state index is 5.95. The van der Waals surface area contributed by atoms with Crippen LogP contribution in [-0.2, 0) is 13.1 Å². The van der Waals surface area contributed by atoms with Gasteiger partial charge in [-0.25, -0.2) is 9.13 Å². The highest BCUT2D eigenvalue weighted by Gasteiger charge is 2.03. The second-order valence-corrected chi connectivity index (χ2v) is 9.80. The summed E-state index contributed by atoms with van der Waals surface area (Å²) in [6.45, 7) is 2.12. The molecule has 0 saturated carbocycles. The third-order valence-electron chi connectivity index (χ3n) is 6.09. The molecule has 0 spiro atoms. The zero-order chi connectivity index (χ0) is 25.0. The highest BCUT2D eigenvalue weighted by Crippen LogP contribution is 2.13. The molecule has 0 aliphatic carbocycles. The average molecular weight is 516 g/mol. The van der Waals surface area contributed by atoms with Crippen LogP contribution in [0.2, 0.25) is 10.0 Å². The van der Waals surface area contributed by atoms with Crippen molar-refractivity contribution in [2.24, 2.45) is 0 Å². The molecule has 0 N–H and O–H groups in total. The van der Waals surface area contributed by atoms with E-state index in [0.717, 1.165) is 34.3 Å². The van der Waals surface area contributed by atoms with E-state index in [-0.39, 0.29) is 0 Å². The molecule has 4 rings (SSSR count). The standard InChI is InChI=1S/C32H32Cl2N2/c33-31-13-9-27(10-14-31)5-7-29-17-23-35(24-18-29)21-3-1-2-4-22-36-25-19-30(20-26-36)8-6-28-11-15-32(34)16-12-28/h5-20,23-26H,1-4,21-22H2/q+2/b7-5+,8-6+. The summed E-state index contributed by atoms with van der Waals surface area (Å²) >= 11 is 11.9. The zero-order valence-corrected chi connectivity index (χ0v) is 22.0. The fourth-order valence-electron chi connectivity index (χ4n) is 3.93. The van der Waals surface area contributed by atoms with Gasteiger partial charge in [0.2, 0.25) is 0 Å². The molecule has 4 aromatic rings. The van der Waals surface area contributed by atoms with Crippen LogP contribution >= 0.6 is 23.2 Å². The number of nitrogens with zero attached hydrogens (tertiary/aromatic N) is 2. The van der Waals surface area contributed by atoms with E-state index in [9.17, 15) is 0 Å². The van der Waals surface area contributed by atoms with Crippen LogP contribution in [0.3, 0.4) is 0 Å². The molecule has 2 nitrogen and oxygen atoms in total. The Kier molecular flexibility index (Phi) is 9.90. The quantitative estimate of drug-likeness (QED) is 0.141. The Labute approximate surface area is 224 Å². The molecule has 36 heavy (non-hydrogen) atoms. The molecular weight excluding hydrogens is 483 g/mol. The minimum Gasteiger partial charge on any atom is -0.205 e. The Morgan fingerprint density at radius 3 is 1.06 bits per heavy atom. The second kappa shape index (κ2) is 13.8. The molecule has 0 unspecified atom stereocenters. The minimum absolute atomic E-state index is 0.764. The van der Waals surface area contributed by atoms with Crippen molar-refractivity contribution in [3.05, 3.63) is 130 Å². The van der Waals surface area contributed by atoms with E-state index in [4.69, 9.17) is 23.2 Å². The summed E-state index contributed by atoms with van der Waals surface area (Å²) < 4.78 is 4.54. The van der Waals surface area contributed by atoms with Crippen LogP contribution < -0.4 is 9.13 Å². The van der Waals surface area contributed by atoms with Gasteiger partial charge >= 0.3 is 0 Å². The molecule has 2 heterocycles. The number of unbranched alkanes of at least 4 members (excludes halogenated alkanes) is 3. The number of hydrogen-bond donors (Lipinski definition) is 0. The summed E-state index contributed by atoms with van der Waals surface area (Å²) in [6, 6.07) is 24.4. The van der Waals surface area contributed by atoms with Gasteiger partial charge < -0.3 is 0 Å². The smallest absolute Gasteiger partial charge is 0.169 e. The molecule has 0 bridgehead atoms. The van der Waals surface area contributed by atoms with Crippen molar-refractivity contribution in [1.82, 2.24) is 0 Å². The molecule has 0 aliphatic heterocycles. The molecule has 4 heteroatoms. The Balaban J connectivity index is 1.12. The Morgan fingerprint density at radius 1 is 0.417 bits per heavy atom. The van der Waals surface area contributed by atoms with Gasteiger partial charge in [-0.1, -0.05) is 71.8 Å². The van der Waals surface area contributed by atoms with Crippen LogP contribution in [0.5, 0.6) is 0 Å². The van der Waals surface area contributed by atoms with Crippen LogP contribution in [-0.4, -0.2) is 0 Å². The van der Waals surface area contributed by atoms with E-state index in [1.807, 2.05) is 48.5 Å². The lowest BCUT2D eigenvalue weighted by molar-refractivity contribution is -0.698. The highest BCUT2D eigenvalue weighted by molar-refractivity contribution is 6.30. The van der Waals surface area contributed by atoms with Crippen molar-refractivity contribution in [3.8, 4) is 0 Å². The SMILES string of the molecule is Clc1ccc(/C=C/c2cc[n+](CCCCCC[n+]3ccc(/C=C/c4ccc(Cl)cc4)cc3)cc2)cc1. The van der Waals surface area contributed by atoms with Gasteiger partial charge in [0, 0.05) is 47.2 Å². The van der Waals surface area contributed by atoms with Crippen molar-refractivity contribution < 1.29 is 9.13 Å². The molecule has 2 aromatic carbocycles. The monoisotopic (exact) mass is 514 g/mol. The van der Waals surface area contributed by atoms with Crippen LogP contribution in [0.4, 0.5) is 0 Å². The van der Waals surface area contributed by atoms with Gasteiger partial charge in [0.25, 0.3) is 0 Å². The minimum atomic E-state index is 0.764. The average Bonchev–Trinajstić information content (AvgIpc) is 2.91. The number of pyridine rings is 2. The summed E-state index contributed by atoms with van der Waals surface area (Å²) in [5, 5.41) is 1.53. The van der Waals surface area contributed by atoms with Crippen LogP contribution in [0.25, 0.3) is 24.3 Å². The van der Waals surface area contributed by atoms with Gasteiger partial charge in [0.15, 0.2) is 24.8 Å². The van der Waals surface area contributed by atoms with Crippen molar-refractivity contribution in [2.75, 3.05) is 0 Å². The molecular formula is C32H32Cl2N2+2. The third-order valence-corrected chi connectivity index (χ3v) is 6.60. The van der Waals surface area contributed by atoms with Crippen molar-refractivity contribution in [3.63, 3.8) is 0 Å². The predicted molar refractivity (Wildman–Crippen MR) is 153 cm³/mol. The molecule has 0 amide bonds. The fraction of sp³-hybridized carbons (Fsp3) is 0.188. The number of hydrogen-bond acceptors (Lipinski definition) is 0. The number of halogens is 2. The number of aryl methyl sites for hydroxylation is 2. The second-order valence-electron chi connectivity index (χ2n) is 8.92. The molecule has 0 atom stereocenters. The van der Waals surface area contributed by atoms with Crippen LogP contribution in [0.15, 0.2) is 97.6 Å². The summed E-state index contributed by atoms with van der Waals surface area (Å²) in [4.78, 5) is 0. The first-order chi connectivity index (χ1) is 17.6. The lowest BCUT2D eigenvalue weighted by Crippen LogP contribution is -2.33. The van der Waals surface area contributed by atoms with E-state index in [1.165, 1.54) is 36.8 Å². The van der Waals surface area contributed by atoms with Crippen molar-refractivity contribution >= 4 is 47.5 Å². The first kappa shape index (κ1) is 25.9. The fourth-order valence-corrected chi connectivity index (χ4v) is 4.19. The Morgan fingerprint density at radius 2 is 0.722 bits per heavy atom. The first-order valence-electron chi connectivity index (χ1n) is 12.5. The lowest BCUT2D eigenvalue weighted by Gasteiger charge is -2.00. The van der Waals surface area contributed by atoms with E-state index in [2.05, 4.69) is 82.5 Å². The van der Waals surface area contributed by atoms with Gasteiger partial charge in [-0.2, -0.15) is 0 Å². The van der Waals surface area contributed by atoms with E-state index < -0.39 is 0 Å². The molecule has 0 saturated heterocycles. The molecule has 0 aliphatic rings. The maximum Gasteiger partial charge on any atom is 0.169 e. The summed E-state index contributed by atoms with van der Waals surface area (Å²) in [5.41, 5.74) is 4.70. The first-order valence-corrected chi connectivity index (χ1v) is 13.3. The van der Waals surface area contributed by atoms with E-state index in [0.29, 0.717) is 0 Å². The highest BCUT2D eigenvalue weighted by atomic mass is 35.5. The van der Waals surface area contributed by atoms with Crippen molar-refractivity contribution in [2.45, 2.75) is 38.8 Å². The summed E-state index contributed by atoms with van der Waals surface area (Å²) in [5.74, 6) is 0. The van der Waals surface area contributed by atoms with Crippen LogP contribution in [0, 0.1) is 0 Å². The largest absolute Gasteiger partial charge is 0.205 e. The third kappa shape index (κ3) is 8.78. The predicted octanol–water partition coefficient (Wildman–Crippen LogP) is 8.17. The molecule has 0 radical (unpaired) electrons. The topological polar surface area (TPSA) is 7.76 Å². The molecule has 0 fully saturated rings. The number of rotatable bonds is 11. The van der Waals surface area contributed by atoms with Gasteiger partial charge in [-0.15, -0.1) is 0 Å². The number of benzene rings is 2. The Bertz CT molecular complexity index is 1160. The van der Waals surface area contributed by atoms with Crippen LogP contribution in [0.1, 0.15) is 47.9 Å². The van der Waals surface area contributed by atoms with Gasteiger partial charge in [-0.05, 0) is 59.4 Å². The number of aromatic nitrogens is 2. The summed E-state index contributed by atoms with van der Waals surface area (Å²) in [6.07, 6.45) is 22.0. The zero-order valence-electron chi connectivity index (χ0n) is 20.4. The normalized spacial score (nSPS) is 11.5. The Hall–Kier alpha value is -3.20. The lowest BCUT2D eigenvalue weighted by atomic mass is 10.1. The van der Waals surface area contributed by atoms with Crippen molar-refractivity contribution in [1.29, 1.82) is 0 Å². The summed E-state index contributed by atoms with van der Waals surface area (Å²) in [7, 11) is 0. The van der Waals surface area contributed by atoms with E-state index >= 15 is 0 Å².